The lowest BCUT2D eigenvalue weighted by molar-refractivity contribution is 0.402. The minimum absolute atomic E-state index is 0.482. The summed E-state index contributed by atoms with van der Waals surface area (Å²) in [6.45, 7) is 8.54. The average molecular weight is 295 g/mol. The summed E-state index contributed by atoms with van der Waals surface area (Å²) < 4.78 is 5.61. The molecule has 0 N–H and O–H groups in total. The van der Waals surface area contributed by atoms with Gasteiger partial charge >= 0.3 is 0 Å². The lowest BCUT2D eigenvalue weighted by atomic mass is 9.86. The van der Waals surface area contributed by atoms with Crippen molar-refractivity contribution < 1.29 is 4.74 Å². The van der Waals surface area contributed by atoms with Crippen molar-refractivity contribution in [1.82, 2.24) is 0 Å². The Morgan fingerprint density at radius 1 is 1.25 bits per heavy atom. The summed E-state index contributed by atoms with van der Waals surface area (Å²) >= 11 is 6.44. The van der Waals surface area contributed by atoms with E-state index in [1.807, 2.05) is 6.92 Å². The van der Waals surface area contributed by atoms with E-state index in [1.165, 1.54) is 17.5 Å². The first-order valence-electron chi connectivity index (χ1n) is 7.55. The second-order valence-corrected chi connectivity index (χ2v) is 5.73. The molecular formula is C18H27ClO. The van der Waals surface area contributed by atoms with Gasteiger partial charge in [-0.05, 0) is 56.2 Å². The van der Waals surface area contributed by atoms with Crippen LogP contribution in [0.2, 0.25) is 5.02 Å². The molecule has 1 aromatic carbocycles. The van der Waals surface area contributed by atoms with Gasteiger partial charge in [0.05, 0.1) is 7.11 Å². The molecule has 0 aromatic heterocycles. The number of halogens is 1. The standard InChI is InChI=1S/C18H27ClO/c1-6-8-9-11-15(10-7-2)17-14(4)18(19)13(3)12-16(17)20-5/h8-9,12,15H,6-7,10-11H2,1-5H3/b9-8-. The Bertz CT molecular complexity index is 463. The normalized spacial score (nSPS) is 12.9. The SMILES string of the molecule is CC/C=C\CC(CCC)c1c(OC)cc(C)c(Cl)c1C. The van der Waals surface area contributed by atoms with Gasteiger partial charge in [0.1, 0.15) is 5.75 Å². The Labute approximate surface area is 129 Å². The van der Waals surface area contributed by atoms with E-state index in [9.17, 15) is 0 Å². The molecule has 0 spiro atoms. The summed E-state index contributed by atoms with van der Waals surface area (Å²) in [6, 6.07) is 2.07. The molecule has 0 aliphatic heterocycles. The van der Waals surface area contributed by atoms with Gasteiger partial charge in [-0.15, -0.1) is 0 Å². The molecule has 0 amide bonds. The third kappa shape index (κ3) is 4.02. The predicted octanol–water partition coefficient (Wildman–Crippen LogP) is 6.21. The largest absolute Gasteiger partial charge is 0.496 e. The number of rotatable bonds is 7. The molecule has 1 unspecified atom stereocenters. The summed E-state index contributed by atoms with van der Waals surface area (Å²) in [7, 11) is 1.75. The molecule has 0 aliphatic rings. The fraction of sp³-hybridized carbons (Fsp3) is 0.556. The Kier molecular flexibility index (Phi) is 7.15. The van der Waals surface area contributed by atoms with Crippen molar-refractivity contribution in [1.29, 1.82) is 0 Å². The molecule has 112 valence electrons. The summed E-state index contributed by atoms with van der Waals surface area (Å²) in [5, 5.41) is 0.876. The molecule has 1 aromatic rings. The molecular weight excluding hydrogens is 268 g/mol. The van der Waals surface area contributed by atoms with E-state index in [1.54, 1.807) is 7.11 Å². The van der Waals surface area contributed by atoms with Crippen LogP contribution < -0.4 is 4.74 Å². The summed E-state index contributed by atoms with van der Waals surface area (Å²) in [6.07, 6.45) is 8.98. The molecule has 20 heavy (non-hydrogen) atoms. The van der Waals surface area contributed by atoms with Crippen LogP contribution in [0.25, 0.3) is 0 Å². The van der Waals surface area contributed by atoms with Gasteiger partial charge < -0.3 is 4.74 Å². The number of hydrogen-bond donors (Lipinski definition) is 0. The molecule has 0 radical (unpaired) electrons. The third-order valence-corrected chi connectivity index (χ3v) is 4.36. The molecule has 2 heteroatoms. The molecule has 1 rings (SSSR count). The first-order chi connectivity index (χ1) is 9.56. The zero-order valence-corrected chi connectivity index (χ0v) is 14.2. The maximum atomic E-state index is 6.44. The minimum Gasteiger partial charge on any atom is -0.496 e. The molecule has 0 fully saturated rings. The quantitative estimate of drug-likeness (QED) is 0.544. The minimum atomic E-state index is 0.482. The van der Waals surface area contributed by atoms with Crippen LogP contribution in [0.3, 0.4) is 0 Å². The number of allylic oxidation sites excluding steroid dienone is 2. The van der Waals surface area contributed by atoms with Crippen molar-refractivity contribution in [3.8, 4) is 5.75 Å². The van der Waals surface area contributed by atoms with E-state index in [-0.39, 0.29) is 0 Å². The van der Waals surface area contributed by atoms with Crippen LogP contribution in [0.1, 0.15) is 62.1 Å². The van der Waals surface area contributed by atoms with Gasteiger partial charge in [-0.25, -0.2) is 0 Å². The summed E-state index contributed by atoms with van der Waals surface area (Å²) in [5.74, 6) is 1.46. The zero-order valence-electron chi connectivity index (χ0n) is 13.4. The Balaban J connectivity index is 3.23. The summed E-state index contributed by atoms with van der Waals surface area (Å²) in [5.41, 5.74) is 3.54. The molecule has 0 saturated heterocycles. The monoisotopic (exact) mass is 294 g/mol. The van der Waals surface area contributed by atoms with Gasteiger partial charge in [-0.2, -0.15) is 0 Å². The highest BCUT2D eigenvalue weighted by molar-refractivity contribution is 6.32. The van der Waals surface area contributed by atoms with E-state index in [2.05, 4.69) is 39.0 Å². The molecule has 0 saturated carbocycles. The van der Waals surface area contributed by atoms with Gasteiger partial charge in [-0.3, -0.25) is 0 Å². The van der Waals surface area contributed by atoms with Crippen LogP contribution in [0.5, 0.6) is 5.75 Å². The number of aryl methyl sites for hydroxylation is 1. The Morgan fingerprint density at radius 2 is 1.95 bits per heavy atom. The molecule has 0 bridgehead atoms. The third-order valence-electron chi connectivity index (χ3n) is 3.78. The van der Waals surface area contributed by atoms with Crippen molar-refractivity contribution in [3.05, 3.63) is 39.9 Å². The maximum absolute atomic E-state index is 6.44. The Hall–Kier alpha value is -0.950. The second-order valence-electron chi connectivity index (χ2n) is 5.35. The second kappa shape index (κ2) is 8.36. The maximum Gasteiger partial charge on any atom is 0.122 e. The van der Waals surface area contributed by atoms with Crippen LogP contribution >= 0.6 is 11.6 Å². The van der Waals surface area contributed by atoms with Gasteiger partial charge in [0.2, 0.25) is 0 Å². The van der Waals surface area contributed by atoms with Crippen LogP contribution in [0, 0.1) is 13.8 Å². The molecule has 0 heterocycles. The highest BCUT2D eigenvalue weighted by Crippen LogP contribution is 2.39. The van der Waals surface area contributed by atoms with E-state index in [0.717, 1.165) is 35.6 Å². The number of hydrogen-bond acceptors (Lipinski definition) is 1. The smallest absolute Gasteiger partial charge is 0.122 e. The van der Waals surface area contributed by atoms with Crippen molar-refractivity contribution in [2.45, 2.75) is 59.3 Å². The number of ether oxygens (including phenoxy) is 1. The van der Waals surface area contributed by atoms with Gasteiger partial charge in [-0.1, -0.05) is 44.0 Å². The zero-order chi connectivity index (χ0) is 15.1. The molecule has 0 aliphatic carbocycles. The van der Waals surface area contributed by atoms with Crippen molar-refractivity contribution in [3.63, 3.8) is 0 Å². The van der Waals surface area contributed by atoms with Crippen LogP contribution in [0.15, 0.2) is 18.2 Å². The van der Waals surface area contributed by atoms with Crippen LogP contribution in [-0.4, -0.2) is 7.11 Å². The van der Waals surface area contributed by atoms with Crippen molar-refractivity contribution in [2.75, 3.05) is 7.11 Å². The predicted molar refractivity (Wildman–Crippen MR) is 89.2 cm³/mol. The van der Waals surface area contributed by atoms with Crippen LogP contribution in [0.4, 0.5) is 0 Å². The van der Waals surface area contributed by atoms with Crippen LogP contribution in [-0.2, 0) is 0 Å². The van der Waals surface area contributed by atoms with E-state index >= 15 is 0 Å². The van der Waals surface area contributed by atoms with Crippen molar-refractivity contribution in [2.24, 2.45) is 0 Å². The highest BCUT2D eigenvalue weighted by atomic mass is 35.5. The lowest BCUT2D eigenvalue weighted by Gasteiger charge is -2.22. The first kappa shape index (κ1) is 17.1. The van der Waals surface area contributed by atoms with Crippen molar-refractivity contribution >= 4 is 11.6 Å². The van der Waals surface area contributed by atoms with Gasteiger partial charge in [0.25, 0.3) is 0 Å². The lowest BCUT2D eigenvalue weighted by Crippen LogP contribution is -2.05. The topological polar surface area (TPSA) is 9.23 Å². The highest BCUT2D eigenvalue weighted by Gasteiger charge is 2.20. The van der Waals surface area contributed by atoms with Gasteiger partial charge in [0, 0.05) is 10.6 Å². The number of benzene rings is 1. The number of methoxy groups -OCH3 is 1. The Morgan fingerprint density at radius 3 is 2.50 bits per heavy atom. The average Bonchev–Trinajstić information content (AvgIpc) is 2.44. The molecule has 1 atom stereocenters. The first-order valence-corrected chi connectivity index (χ1v) is 7.93. The van der Waals surface area contributed by atoms with E-state index < -0.39 is 0 Å². The fourth-order valence-corrected chi connectivity index (χ4v) is 2.92. The summed E-state index contributed by atoms with van der Waals surface area (Å²) in [4.78, 5) is 0. The molecule has 1 nitrogen and oxygen atoms in total. The fourth-order valence-electron chi connectivity index (χ4n) is 2.77. The van der Waals surface area contributed by atoms with E-state index in [4.69, 9.17) is 16.3 Å². The van der Waals surface area contributed by atoms with Gasteiger partial charge in [0.15, 0.2) is 0 Å². The van der Waals surface area contributed by atoms with E-state index in [0.29, 0.717) is 5.92 Å².